The Morgan fingerprint density at radius 2 is 1.97 bits per heavy atom. The molecule has 0 saturated carbocycles. The van der Waals surface area contributed by atoms with Gasteiger partial charge in [-0.2, -0.15) is 0 Å². The van der Waals surface area contributed by atoms with Crippen molar-refractivity contribution in [1.82, 2.24) is 9.88 Å². The molecule has 32 heavy (non-hydrogen) atoms. The molecule has 1 aliphatic rings. The summed E-state index contributed by atoms with van der Waals surface area (Å²) in [4.78, 5) is 33.0. The number of ether oxygens (including phenoxy) is 1. The number of hydrogen-bond acceptors (Lipinski definition) is 5. The Morgan fingerprint density at radius 1 is 1.09 bits per heavy atom. The van der Waals surface area contributed by atoms with E-state index in [4.69, 9.17) is 9.15 Å². The van der Waals surface area contributed by atoms with Crippen LogP contribution in [0.3, 0.4) is 0 Å². The summed E-state index contributed by atoms with van der Waals surface area (Å²) in [6, 6.07) is 16.1. The zero-order valence-corrected chi connectivity index (χ0v) is 17.9. The number of fused-ring (bicyclic) bond motifs is 2. The molecule has 0 saturated heterocycles. The predicted molar refractivity (Wildman–Crippen MR) is 121 cm³/mol. The van der Waals surface area contributed by atoms with E-state index in [1.54, 1.807) is 23.4 Å². The second-order valence-corrected chi connectivity index (χ2v) is 7.88. The first kappa shape index (κ1) is 20.0. The van der Waals surface area contributed by atoms with Crippen molar-refractivity contribution in [3.05, 3.63) is 105 Å². The van der Waals surface area contributed by atoms with Crippen LogP contribution in [0.1, 0.15) is 45.8 Å². The zero-order valence-electron chi connectivity index (χ0n) is 17.9. The van der Waals surface area contributed by atoms with E-state index >= 15 is 0 Å². The van der Waals surface area contributed by atoms with E-state index < -0.39 is 6.04 Å². The maximum absolute atomic E-state index is 13.6. The molecule has 4 aromatic rings. The van der Waals surface area contributed by atoms with Crippen molar-refractivity contribution in [1.29, 1.82) is 0 Å². The lowest BCUT2D eigenvalue weighted by Crippen LogP contribution is -2.29. The van der Waals surface area contributed by atoms with E-state index in [0.717, 1.165) is 16.7 Å². The fraction of sp³-hybridized carbons (Fsp3) is 0.192. The van der Waals surface area contributed by atoms with E-state index in [1.165, 1.54) is 0 Å². The smallest absolute Gasteiger partial charge is 0.291 e. The molecule has 2 aromatic carbocycles. The average molecular weight is 426 g/mol. The van der Waals surface area contributed by atoms with Crippen LogP contribution in [0.25, 0.3) is 11.0 Å². The lowest BCUT2D eigenvalue weighted by Gasteiger charge is -2.25. The number of aromatic nitrogens is 1. The molecular weight excluding hydrogens is 404 g/mol. The third kappa shape index (κ3) is 3.34. The molecule has 0 spiro atoms. The van der Waals surface area contributed by atoms with E-state index in [-0.39, 0.29) is 17.1 Å². The molecule has 6 nitrogen and oxygen atoms in total. The quantitative estimate of drug-likeness (QED) is 0.465. The van der Waals surface area contributed by atoms with Crippen molar-refractivity contribution >= 4 is 16.9 Å². The molecule has 0 bridgehead atoms. The highest BCUT2D eigenvalue weighted by Crippen LogP contribution is 2.40. The molecule has 3 heterocycles. The Hall–Kier alpha value is -3.93. The van der Waals surface area contributed by atoms with E-state index in [9.17, 15) is 9.59 Å². The number of nitrogens with zero attached hydrogens (tertiary/aromatic N) is 2. The fourth-order valence-electron chi connectivity index (χ4n) is 4.27. The van der Waals surface area contributed by atoms with Gasteiger partial charge in [0.05, 0.1) is 23.6 Å². The number of rotatable bonds is 5. The van der Waals surface area contributed by atoms with Crippen molar-refractivity contribution < 1.29 is 13.9 Å². The molecule has 2 aromatic heterocycles. The van der Waals surface area contributed by atoms with Crippen LogP contribution in [0.2, 0.25) is 0 Å². The summed E-state index contributed by atoms with van der Waals surface area (Å²) < 4.78 is 11.7. The van der Waals surface area contributed by atoms with Crippen molar-refractivity contribution in [2.24, 2.45) is 0 Å². The van der Waals surface area contributed by atoms with E-state index in [1.807, 2.05) is 62.4 Å². The van der Waals surface area contributed by atoms with Gasteiger partial charge in [-0.05, 0) is 55.3 Å². The predicted octanol–water partition coefficient (Wildman–Crippen LogP) is 4.64. The van der Waals surface area contributed by atoms with Crippen LogP contribution < -0.4 is 10.2 Å². The summed E-state index contributed by atoms with van der Waals surface area (Å²) in [6.45, 7) is 4.66. The number of benzene rings is 2. The van der Waals surface area contributed by atoms with Gasteiger partial charge in [0.15, 0.2) is 5.43 Å². The van der Waals surface area contributed by atoms with Gasteiger partial charge in [-0.25, -0.2) is 0 Å². The normalized spacial score (nSPS) is 15.2. The van der Waals surface area contributed by atoms with Gasteiger partial charge in [0, 0.05) is 18.9 Å². The Bertz CT molecular complexity index is 1380. The second-order valence-electron chi connectivity index (χ2n) is 7.88. The van der Waals surface area contributed by atoms with Crippen LogP contribution >= 0.6 is 0 Å². The number of pyridine rings is 1. The van der Waals surface area contributed by atoms with Crippen LogP contribution in [0.4, 0.5) is 0 Å². The Kier molecular flexibility index (Phi) is 4.98. The molecule has 1 aliphatic heterocycles. The third-order valence-electron chi connectivity index (χ3n) is 5.68. The third-order valence-corrected chi connectivity index (χ3v) is 5.68. The minimum absolute atomic E-state index is 0.0991. The van der Waals surface area contributed by atoms with Gasteiger partial charge in [0.25, 0.3) is 5.91 Å². The second kappa shape index (κ2) is 7.96. The molecule has 0 aliphatic carbocycles. The highest BCUT2D eigenvalue weighted by molar-refractivity contribution is 5.99. The average Bonchev–Trinajstić information content (AvgIpc) is 3.07. The minimum Gasteiger partial charge on any atom is -0.494 e. The molecule has 5 rings (SSSR count). The van der Waals surface area contributed by atoms with Crippen molar-refractivity contribution in [2.75, 3.05) is 6.61 Å². The molecule has 0 fully saturated rings. The summed E-state index contributed by atoms with van der Waals surface area (Å²) >= 11 is 0. The van der Waals surface area contributed by atoms with Crippen LogP contribution in [-0.4, -0.2) is 22.4 Å². The molecule has 160 valence electrons. The molecular formula is C26H22N2O4. The highest BCUT2D eigenvalue weighted by Gasteiger charge is 2.42. The SMILES string of the molecule is CCOc1cccc([C@@H]2c3c(oc4ccc(C)cc4c3=O)C(=O)N2Cc2cccnc2)c1. The van der Waals surface area contributed by atoms with Gasteiger partial charge in [0.1, 0.15) is 11.3 Å². The lowest BCUT2D eigenvalue weighted by atomic mass is 9.97. The van der Waals surface area contributed by atoms with Gasteiger partial charge < -0.3 is 14.1 Å². The maximum Gasteiger partial charge on any atom is 0.291 e. The summed E-state index contributed by atoms with van der Waals surface area (Å²) in [5, 5.41) is 0.478. The molecule has 1 atom stereocenters. The van der Waals surface area contributed by atoms with Crippen molar-refractivity contribution in [3.8, 4) is 5.75 Å². The Morgan fingerprint density at radius 3 is 2.75 bits per heavy atom. The highest BCUT2D eigenvalue weighted by atomic mass is 16.5. The lowest BCUT2D eigenvalue weighted by molar-refractivity contribution is 0.0714. The van der Waals surface area contributed by atoms with Crippen LogP contribution in [0.5, 0.6) is 5.75 Å². The number of hydrogen-bond donors (Lipinski definition) is 0. The number of carbonyl (C=O) groups excluding carboxylic acids is 1. The standard InChI is InChI=1S/C26H22N2O4/c1-3-31-19-8-4-7-18(13-19)23-22-24(29)20-12-16(2)9-10-21(20)32-25(22)26(30)28(23)15-17-6-5-11-27-14-17/h4-14,23H,3,15H2,1-2H3/t23-/m1/s1. The molecule has 0 unspecified atom stereocenters. The van der Waals surface area contributed by atoms with Crippen molar-refractivity contribution in [2.45, 2.75) is 26.4 Å². The number of aryl methyl sites for hydroxylation is 1. The summed E-state index contributed by atoms with van der Waals surface area (Å²) in [6.07, 6.45) is 3.41. The van der Waals surface area contributed by atoms with Crippen LogP contribution in [0, 0.1) is 6.92 Å². The number of carbonyl (C=O) groups is 1. The summed E-state index contributed by atoms with van der Waals surface area (Å²) in [5.41, 5.74) is 3.22. The largest absolute Gasteiger partial charge is 0.494 e. The van der Waals surface area contributed by atoms with Crippen molar-refractivity contribution in [3.63, 3.8) is 0 Å². The van der Waals surface area contributed by atoms with Crippen LogP contribution in [0.15, 0.2) is 76.2 Å². The monoisotopic (exact) mass is 426 g/mol. The fourth-order valence-corrected chi connectivity index (χ4v) is 4.27. The first-order valence-electron chi connectivity index (χ1n) is 10.6. The number of amides is 1. The molecule has 1 amide bonds. The van der Waals surface area contributed by atoms with E-state index in [2.05, 4.69) is 4.98 Å². The minimum atomic E-state index is -0.584. The first-order valence-corrected chi connectivity index (χ1v) is 10.6. The van der Waals surface area contributed by atoms with Gasteiger partial charge in [-0.3, -0.25) is 14.6 Å². The summed E-state index contributed by atoms with van der Waals surface area (Å²) in [7, 11) is 0. The topological polar surface area (TPSA) is 72.6 Å². The van der Waals surface area contributed by atoms with Gasteiger partial charge in [-0.1, -0.05) is 29.8 Å². The summed E-state index contributed by atoms with van der Waals surface area (Å²) in [5.74, 6) is 0.477. The Balaban J connectivity index is 1.72. The van der Waals surface area contributed by atoms with Crippen LogP contribution in [-0.2, 0) is 6.54 Å². The zero-order chi connectivity index (χ0) is 22.2. The maximum atomic E-state index is 13.6. The molecule has 6 heteroatoms. The van der Waals surface area contributed by atoms with Gasteiger partial charge >= 0.3 is 0 Å². The van der Waals surface area contributed by atoms with E-state index in [0.29, 0.717) is 35.4 Å². The Labute approximate surface area is 185 Å². The van der Waals surface area contributed by atoms with Gasteiger partial charge in [0.2, 0.25) is 5.76 Å². The molecule has 0 radical (unpaired) electrons. The van der Waals surface area contributed by atoms with Gasteiger partial charge in [-0.15, -0.1) is 0 Å². The first-order chi connectivity index (χ1) is 15.6. The molecule has 0 N–H and O–H groups in total.